The lowest BCUT2D eigenvalue weighted by molar-refractivity contribution is -0.127. The van der Waals surface area contributed by atoms with Crippen molar-refractivity contribution < 1.29 is 23.5 Å². The number of rotatable bonds is 9. The average molecular weight is 560 g/mol. The number of hydrogen-bond donors (Lipinski definition) is 2. The number of amides is 2. The van der Waals surface area contributed by atoms with Crippen LogP contribution >= 0.6 is 11.3 Å². The smallest absolute Gasteiger partial charge is 0.241 e. The number of methoxy groups -OCH3 is 1. The minimum absolute atomic E-state index is 0.0781. The number of anilines is 1. The van der Waals surface area contributed by atoms with Gasteiger partial charge in [-0.3, -0.25) is 14.6 Å². The Morgan fingerprint density at radius 2 is 1.93 bits per heavy atom. The average Bonchev–Trinajstić information content (AvgIpc) is 3.54. The lowest BCUT2D eigenvalue weighted by Gasteiger charge is -2.16. The number of benzene rings is 2. The first-order valence-corrected chi connectivity index (χ1v) is 13.2. The first-order chi connectivity index (χ1) is 19.3. The van der Waals surface area contributed by atoms with E-state index in [1.54, 1.807) is 36.5 Å². The van der Waals surface area contributed by atoms with Crippen molar-refractivity contribution in [2.75, 3.05) is 12.4 Å². The molecule has 3 N–H and O–H groups in total. The second-order valence-electron chi connectivity index (χ2n) is 8.91. The number of aromatic nitrogens is 3. The number of aryl methyl sites for hydroxylation is 2. The third kappa shape index (κ3) is 5.23. The van der Waals surface area contributed by atoms with Gasteiger partial charge in [0.05, 0.1) is 33.6 Å². The summed E-state index contributed by atoms with van der Waals surface area (Å²) in [4.78, 5) is 35.2. The summed E-state index contributed by atoms with van der Waals surface area (Å²) in [7, 11) is 1.46. The number of fused-ring (bicyclic) bond motifs is 1. The summed E-state index contributed by atoms with van der Waals surface area (Å²) < 4.78 is 29.2. The van der Waals surface area contributed by atoms with E-state index in [0.717, 1.165) is 33.7 Å². The maximum absolute atomic E-state index is 15.3. The molecular formula is C29H26FN5O4S. The summed E-state index contributed by atoms with van der Waals surface area (Å²) in [5, 5.41) is 2.63. The Kier molecular flexibility index (Phi) is 7.47. The summed E-state index contributed by atoms with van der Waals surface area (Å²) in [6.45, 7) is 4.81. The van der Waals surface area contributed by atoms with Crippen LogP contribution in [-0.4, -0.2) is 33.5 Å². The van der Waals surface area contributed by atoms with Crippen LogP contribution in [0.5, 0.6) is 17.2 Å². The molecule has 9 nitrogen and oxygen atoms in total. The molecule has 0 fully saturated rings. The van der Waals surface area contributed by atoms with Gasteiger partial charge in [0.25, 0.3) is 0 Å². The van der Waals surface area contributed by atoms with Crippen molar-refractivity contribution in [1.82, 2.24) is 14.5 Å². The molecule has 2 aromatic carbocycles. The molecule has 3 heterocycles. The zero-order valence-corrected chi connectivity index (χ0v) is 22.8. The first kappa shape index (κ1) is 26.8. The SMILES string of the molecule is CCn1cc(-c2cc3nccc(Oc4ccc(C(C(N)=O)C(=O)Nc5ccccc5OC)cc4F)c3s2)nc1C. The highest BCUT2D eigenvalue weighted by molar-refractivity contribution is 7.22. The van der Waals surface area contributed by atoms with Crippen molar-refractivity contribution in [3.05, 3.63) is 84.2 Å². The van der Waals surface area contributed by atoms with Crippen LogP contribution in [-0.2, 0) is 16.1 Å². The van der Waals surface area contributed by atoms with Crippen molar-refractivity contribution in [3.63, 3.8) is 0 Å². The van der Waals surface area contributed by atoms with E-state index in [9.17, 15) is 9.59 Å². The van der Waals surface area contributed by atoms with Crippen molar-refractivity contribution in [3.8, 4) is 27.8 Å². The molecule has 1 atom stereocenters. The summed E-state index contributed by atoms with van der Waals surface area (Å²) in [6.07, 6.45) is 3.57. The molecule has 0 aliphatic carbocycles. The van der Waals surface area contributed by atoms with Crippen LogP contribution in [0.15, 0.2) is 67.0 Å². The van der Waals surface area contributed by atoms with E-state index in [2.05, 4.69) is 26.8 Å². The molecule has 5 rings (SSSR count). The zero-order valence-electron chi connectivity index (χ0n) is 22.0. The summed E-state index contributed by atoms with van der Waals surface area (Å²) in [6, 6.07) is 14.2. The Labute approximate surface area is 233 Å². The van der Waals surface area contributed by atoms with Gasteiger partial charge in [-0.1, -0.05) is 18.2 Å². The van der Waals surface area contributed by atoms with Gasteiger partial charge in [0, 0.05) is 25.0 Å². The van der Waals surface area contributed by atoms with Crippen LogP contribution in [0.2, 0.25) is 0 Å². The van der Waals surface area contributed by atoms with E-state index in [1.165, 1.54) is 30.6 Å². The summed E-state index contributed by atoms with van der Waals surface area (Å²) >= 11 is 1.44. The number of nitrogens with one attached hydrogen (secondary N) is 1. The van der Waals surface area contributed by atoms with Gasteiger partial charge in [-0.05, 0) is 49.7 Å². The molecule has 5 aromatic rings. The molecule has 0 aliphatic heterocycles. The normalized spacial score (nSPS) is 11.8. The minimum atomic E-state index is -1.44. The zero-order chi connectivity index (χ0) is 28.4. The maximum atomic E-state index is 15.3. The van der Waals surface area contributed by atoms with Gasteiger partial charge in [0.1, 0.15) is 23.2 Å². The number of imidazole rings is 1. The number of para-hydroxylation sites is 2. The number of primary amides is 1. The molecule has 2 amide bonds. The molecule has 3 aromatic heterocycles. The fourth-order valence-electron chi connectivity index (χ4n) is 4.36. The van der Waals surface area contributed by atoms with E-state index >= 15 is 4.39 Å². The monoisotopic (exact) mass is 559 g/mol. The molecule has 0 saturated carbocycles. The van der Waals surface area contributed by atoms with Gasteiger partial charge in [-0.2, -0.15) is 0 Å². The van der Waals surface area contributed by atoms with Crippen molar-refractivity contribution in [2.45, 2.75) is 26.3 Å². The molecule has 0 spiro atoms. The number of halogens is 1. The summed E-state index contributed by atoms with van der Waals surface area (Å²) in [5.74, 6) is -2.18. The second kappa shape index (κ2) is 11.1. The fraction of sp³-hybridized carbons (Fsp3) is 0.172. The third-order valence-corrected chi connectivity index (χ3v) is 7.53. The van der Waals surface area contributed by atoms with Crippen molar-refractivity contribution >= 4 is 39.1 Å². The molecule has 204 valence electrons. The van der Waals surface area contributed by atoms with Crippen LogP contribution < -0.4 is 20.5 Å². The molecule has 0 bridgehead atoms. The number of carbonyl (C=O) groups is 2. The van der Waals surface area contributed by atoms with Crippen LogP contribution in [0.4, 0.5) is 10.1 Å². The van der Waals surface area contributed by atoms with E-state index < -0.39 is 23.5 Å². The lowest BCUT2D eigenvalue weighted by atomic mass is 9.97. The standard InChI is InChI=1S/C29H26FN5O4S/c1-4-35-15-21(33-16(35)2)25-14-20-27(40-25)24(11-12-32-20)39-22-10-9-17(13-18(22)30)26(28(31)36)29(37)34-19-7-5-6-8-23(19)38-3/h5-15,26H,4H2,1-3H3,(H2,31,36)(H,34,37). The van der Waals surface area contributed by atoms with Gasteiger partial charge in [0.2, 0.25) is 11.8 Å². The van der Waals surface area contributed by atoms with Crippen LogP contribution in [0.25, 0.3) is 20.8 Å². The Morgan fingerprint density at radius 3 is 2.62 bits per heavy atom. The minimum Gasteiger partial charge on any atom is -0.495 e. The number of nitrogens with zero attached hydrogens (tertiary/aromatic N) is 3. The highest BCUT2D eigenvalue weighted by Crippen LogP contribution is 2.39. The number of thiophene rings is 1. The number of pyridine rings is 1. The predicted molar refractivity (Wildman–Crippen MR) is 151 cm³/mol. The van der Waals surface area contributed by atoms with E-state index in [4.69, 9.17) is 15.2 Å². The van der Waals surface area contributed by atoms with Gasteiger partial charge in [0.15, 0.2) is 11.6 Å². The lowest BCUT2D eigenvalue weighted by Crippen LogP contribution is -2.32. The van der Waals surface area contributed by atoms with Gasteiger partial charge in [-0.25, -0.2) is 9.37 Å². The molecular weight excluding hydrogens is 533 g/mol. The molecule has 0 saturated heterocycles. The first-order valence-electron chi connectivity index (χ1n) is 12.4. The highest BCUT2D eigenvalue weighted by Gasteiger charge is 2.28. The van der Waals surface area contributed by atoms with Crippen LogP contribution in [0.3, 0.4) is 0 Å². The molecule has 40 heavy (non-hydrogen) atoms. The molecule has 0 radical (unpaired) electrons. The largest absolute Gasteiger partial charge is 0.495 e. The van der Waals surface area contributed by atoms with E-state index in [0.29, 0.717) is 22.7 Å². The van der Waals surface area contributed by atoms with Crippen molar-refractivity contribution in [1.29, 1.82) is 0 Å². The number of ether oxygens (including phenoxy) is 2. The Morgan fingerprint density at radius 1 is 1.12 bits per heavy atom. The number of nitrogens with two attached hydrogens (primary N) is 1. The number of carbonyl (C=O) groups excluding carboxylic acids is 2. The Bertz CT molecular complexity index is 1730. The quantitative estimate of drug-likeness (QED) is 0.226. The predicted octanol–water partition coefficient (Wildman–Crippen LogP) is 5.64. The summed E-state index contributed by atoms with van der Waals surface area (Å²) in [5.41, 5.74) is 7.51. The van der Waals surface area contributed by atoms with Gasteiger partial charge < -0.3 is 25.1 Å². The number of hydrogen-bond acceptors (Lipinski definition) is 7. The van der Waals surface area contributed by atoms with Crippen LogP contribution in [0.1, 0.15) is 24.2 Å². The second-order valence-corrected chi connectivity index (χ2v) is 9.96. The fourth-order valence-corrected chi connectivity index (χ4v) is 5.38. The Balaban J connectivity index is 1.41. The highest BCUT2D eigenvalue weighted by atomic mass is 32.1. The molecule has 0 aliphatic rings. The van der Waals surface area contributed by atoms with Gasteiger partial charge >= 0.3 is 0 Å². The van der Waals surface area contributed by atoms with Crippen molar-refractivity contribution in [2.24, 2.45) is 5.73 Å². The maximum Gasteiger partial charge on any atom is 0.241 e. The molecule has 11 heteroatoms. The molecule has 1 unspecified atom stereocenters. The van der Waals surface area contributed by atoms with Gasteiger partial charge in [-0.15, -0.1) is 11.3 Å². The Hall–Kier alpha value is -4.77. The topological polar surface area (TPSA) is 121 Å². The van der Waals surface area contributed by atoms with Crippen LogP contribution in [0, 0.1) is 12.7 Å². The van der Waals surface area contributed by atoms with E-state index in [-0.39, 0.29) is 11.3 Å². The third-order valence-electron chi connectivity index (χ3n) is 6.37. The van der Waals surface area contributed by atoms with E-state index in [1.807, 2.05) is 19.2 Å².